The fourth-order valence-corrected chi connectivity index (χ4v) is 10.1. The molecule has 1 nitrogen and oxygen atoms in total. The van der Waals surface area contributed by atoms with Gasteiger partial charge in [0.05, 0.1) is 6.10 Å². The van der Waals surface area contributed by atoms with Crippen LogP contribution in [0.15, 0.2) is 0 Å². The van der Waals surface area contributed by atoms with Crippen LogP contribution in [0.1, 0.15) is 78.6 Å². The van der Waals surface area contributed by atoms with Gasteiger partial charge in [0.25, 0.3) is 0 Å². The van der Waals surface area contributed by atoms with Gasteiger partial charge in [-0.2, -0.15) is 0 Å². The number of halogens is 2. The molecule has 9 atom stereocenters. The number of aliphatic hydroxyl groups excluding tert-OH is 1. The molecule has 4 saturated carbocycles. The summed E-state index contributed by atoms with van der Waals surface area (Å²) in [4.78, 5) is 0.495. The summed E-state index contributed by atoms with van der Waals surface area (Å²) in [6.45, 7) is 7.58. The average Bonchev–Trinajstić information content (AvgIpc) is 2.87. The van der Waals surface area contributed by atoms with Gasteiger partial charge in [0.15, 0.2) is 0 Å². The molecule has 4 aliphatic rings. The summed E-state index contributed by atoms with van der Waals surface area (Å²) in [5.41, 5.74) is 0.925. The van der Waals surface area contributed by atoms with Crippen LogP contribution in [0.5, 0.6) is 0 Å². The number of fused-ring (bicyclic) bond motifs is 5. The van der Waals surface area contributed by atoms with Gasteiger partial charge in [0, 0.05) is 9.15 Å². The molecule has 0 aromatic rings. The Kier molecular flexibility index (Phi) is 4.54. The summed E-state index contributed by atoms with van der Waals surface area (Å²) in [6, 6.07) is 0. The Morgan fingerprint density at radius 3 is 2.50 bits per heavy atom. The first-order valence-corrected chi connectivity index (χ1v) is 12.0. The molecular weight excluding hydrogens is 428 g/mol. The molecule has 0 saturated heterocycles. The lowest BCUT2D eigenvalue weighted by Gasteiger charge is -2.65. The Hall–Kier alpha value is 0.920. The molecule has 0 aliphatic heterocycles. The van der Waals surface area contributed by atoms with Crippen molar-refractivity contribution in [3.8, 4) is 0 Å². The molecule has 0 radical (unpaired) electrons. The van der Waals surface area contributed by atoms with Crippen molar-refractivity contribution in [3.63, 3.8) is 0 Å². The van der Waals surface area contributed by atoms with E-state index in [1.54, 1.807) is 0 Å². The number of hydrogen-bond acceptors (Lipinski definition) is 1. The van der Waals surface area contributed by atoms with Crippen LogP contribution in [-0.2, 0) is 0 Å². The largest absolute Gasteiger partial charge is 0.393 e. The van der Waals surface area contributed by atoms with Crippen molar-refractivity contribution >= 4 is 31.9 Å². The lowest BCUT2D eigenvalue weighted by Crippen LogP contribution is -2.64. The fraction of sp³-hybridized carbons (Fsp3) is 1.00. The van der Waals surface area contributed by atoms with E-state index in [9.17, 15) is 5.11 Å². The summed E-state index contributed by atoms with van der Waals surface area (Å²) < 4.78 is 0.0787. The highest BCUT2D eigenvalue weighted by molar-refractivity contribution is 9.12. The smallest absolute Gasteiger partial charge is 0.0554 e. The van der Waals surface area contributed by atoms with Gasteiger partial charge in [-0.15, -0.1) is 0 Å². The average molecular weight is 462 g/mol. The second-order valence-electron chi connectivity index (χ2n) is 9.98. The maximum Gasteiger partial charge on any atom is 0.0554 e. The van der Waals surface area contributed by atoms with E-state index in [-0.39, 0.29) is 10.4 Å². The van der Waals surface area contributed by atoms with Crippen LogP contribution in [0.25, 0.3) is 0 Å². The third kappa shape index (κ3) is 2.25. The lowest BCUT2D eigenvalue weighted by atomic mass is 9.44. The standard InChI is InChI=1S/C21H34Br2O/c1-4-13-5-6-16-15-11-18(22)21(23)12-14(24)7-10-20(21,3)17(15)8-9-19(13,16)2/h13-18,24H,4-12H2,1-3H3/t13-,14-,15-,16-,17-,18?,19+,20+,21?/m0/s1. The molecule has 0 aromatic heterocycles. The zero-order valence-corrected chi connectivity index (χ0v) is 18.7. The van der Waals surface area contributed by atoms with Crippen molar-refractivity contribution < 1.29 is 5.11 Å². The molecule has 3 heteroatoms. The summed E-state index contributed by atoms with van der Waals surface area (Å²) >= 11 is 8.30. The molecule has 4 rings (SSSR count). The van der Waals surface area contributed by atoms with Crippen molar-refractivity contribution in [3.05, 3.63) is 0 Å². The number of alkyl halides is 2. The fourth-order valence-electron chi connectivity index (χ4n) is 7.94. The summed E-state index contributed by atoms with van der Waals surface area (Å²) in [5, 5.41) is 10.3. The molecule has 24 heavy (non-hydrogen) atoms. The molecule has 0 heterocycles. The van der Waals surface area contributed by atoms with Gasteiger partial charge in [-0.3, -0.25) is 0 Å². The molecular formula is C21H34Br2O. The first-order valence-electron chi connectivity index (χ1n) is 10.3. The minimum absolute atomic E-state index is 0.0787. The van der Waals surface area contributed by atoms with Gasteiger partial charge in [0.2, 0.25) is 0 Å². The van der Waals surface area contributed by atoms with Crippen LogP contribution in [0.4, 0.5) is 0 Å². The van der Waals surface area contributed by atoms with E-state index in [4.69, 9.17) is 0 Å². The van der Waals surface area contributed by atoms with Gasteiger partial charge >= 0.3 is 0 Å². The van der Waals surface area contributed by atoms with Gasteiger partial charge in [-0.1, -0.05) is 59.1 Å². The number of rotatable bonds is 1. The van der Waals surface area contributed by atoms with Gasteiger partial charge in [0.1, 0.15) is 0 Å². The SMILES string of the molecule is CC[C@H]1CC[C@H]2[C@@H]3CC(Br)C4(Br)C[C@@H](O)CC[C@]4(C)[C@H]3CC[C@]12C. The molecule has 4 aliphatic carbocycles. The molecule has 1 N–H and O–H groups in total. The van der Waals surface area contributed by atoms with Crippen LogP contribution in [-0.4, -0.2) is 20.4 Å². The predicted molar refractivity (Wildman–Crippen MR) is 108 cm³/mol. The van der Waals surface area contributed by atoms with Crippen LogP contribution in [0, 0.1) is 34.5 Å². The molecule has 2 unspecified atom stereocenters. The normalized spacial score (nSPS) is 60.2. The van der Waals surface area contributed by atoms with Gasteiger partial charge < -0.3 is 5.11 Å². The second kappa shape index (κ2) is 5.96. The highest BCUT2D eigenvalue weighted by Gasteiger charge is 2.66. The maximum absolute atomic E-state index is 10.3. The van der Waals surface area contributed by atoms with Crippen molar-refractivity contribution in [1.29, 1.82) is 0 Å². The highest BCUT2D eigenvalue weighted by atomic mass is 79.9. The van der Waals surface area contributed by atoms with E-state index in [0.717, 1.165) is 36.5 Å². The Labute approximate surface area is 165 Å². The van der Waals surface area contributed by atoms with E-state index in [2.05, 4.69) is 52.6 Å². The number of aliphatic hydroxyl groups is 1. The van der Waals surface area contributed by atoms with E-state index in [1.807, 2.05) is 0 Å². The highest BCUT2D eigenvalue weighted by Crippen LogP contribution is 2.71. The van der Waals surface area contributed by atoms with Gasteiger partial charge in [-0.05, 0) is 85.9 Å². The zero-order chi connectivity index (χ0) is 17.3. The van der Waals surface area contributed by atoms with Crippen molar-refractivity contribution in [2.45, 2.75) is 93.8 Å². The second-order valence-corrected chi connectivity index (χ2v) is 12.5. The Morgan fingerprint density at radius 1 is 1.04 bits per heavy atom. The Balaban J connectivity index is 1.69. The number of hydrogen-bond donors (Lipinski definition) is 1. The van der Waals surface area contributed by atoms with Crippen molar-refractivity contribution in [1.82, 2.24) is 0 Å². The monoisotopic (exact) mass is 460 g/mol. The van der Waals surface area contributed by atoms with Crippen LogP contribution in [0.3, 0.4) is 0 Å². The lowest BCUT2D eigenvalue weighted by molar-refractivity contribution is -0.108. The molecule has 138 valence electrons. The Bertz CT molecular complexity index is 510. The first-order chi connectivity index (χ1) is 11.3. The van der Waals surface area contributed by atoms with Gasteiger partial charge in [-0.25, -0.2) is 0 Å². The summed E-state index contributed by atoms with van der Waals surface area (Å²) in [5.74, 6) is 3.61. The summed E-state index contributed by atoms with van der Waals surface area (Å²) in [7, 11) is 0. The van der Waals surface area contributed by atoms with Crippen molar-refractivity contribution in [2.75, 3.05) is 0 Å². The van der Waals surface area contributed by atoms with E-state index in [0.29, 0.717) is 15.7 Å². The quantitative estimate of drug-likeness (QED) is 0.453. The van der Waals surface area contributed by atoms with E-state index >= 15 is 0 Å². The Morgan fingerprint density at radius 2 is 1.79 bits per heavy atom. The van der Waals surface area contributed by atoms with Crippen LogP contribution in [0.2, 0.25) is 0 Å². The zero-order valence-electron chi connectivity index (χ0n) is 15.5. The van der Waals surface area contributed by atoms with E-state index < -0.39 is 0 Å². The maximum atomic E-state index is 10.3. The van der Waals surface area contributed by atoms with E-state index in [1.165, 1.54) is 44.9 Å². The minimum atomic E-state index is -0.126. The van der Waals surface area contributed by atoms with Crippen molar-refractivity contribution in [2.24, 2.45) is 34.5 Å². The first kappa shape index (κ1) is 18.3. The topological polar surface area (TPSA) is 20.2 Å². The molecule has 0 bridgehead atoms. The third-order valence-electron chi connectivity index (χ3n) is 9.40. The molecule has 0 spiro atoms. The molecule has 0 amide bonds. The van der Waals surface area contributed by atoms with Crippen LogP contribution < -0.4 is 0 Å². The summed E-state index contributed by atoms with van der Waals surface area (Å²) in [6.07, 6.45) is 11.4. The minimum Gasteiger partial charge on any atom is -0.393 e. The molecule has 0 aromatic carbocycles. The molecule has 4 fully saturated rings. The van der Waals surface area contributed by atoms with Crippen LogP contribution >= 0.6 is 31.9 Å². The predicted octanol–water partition coefficient (Wildman–Crippen LogP) is 6.31. The third-order valence-corrected chi connectivity index (χ3v) is 13.0.